The van der Waals surface area contributed by atoms with Crippen LogP contribution in [-0.4, -0.2) is 20.1 Å². The van der Waals surface area contributed by atoms with E-state index in [0.29, 0.717) is 5.65 Å². The van der Waals surface area contributed by atoms with E-state index in [-0.39, 0.29) is 17.6 Å². The number of pyridine rings is 1. The van der Waals surface area contributed by atoms with Crippen molar-refractivity contribution < 1.29 is 4.79 Å². The molecule has 0 aliphatic carbocycles. The number of hydrogen-bond donors (Lipinski definition) is 1. The average Bonchev–Trinajstić information content (AvgIpc) is 2.92. The van der Waals surface area contributed by atoms with Gasteiger partial charge in [-0.05, 0) is 38.5 Å². The van der Waals surface area contributed by atoms with Gasteiger partial charge in [-0.2, -0.15) is 0 Å². The molecule has 1 amide bonds. The highest BCUT2D eigenvalue weighted by Gasteiger charge is 2.21. The molecular formula is C18H20N4O2. The van der Waals surface area contributed by atoms with Crippen LogP contribution in [0.25, 0.3) is 5.65 Å². The lowest BCUT2D eigenvalue weighted by Crippen LogP contribution is -2.37. The Kier molecular flexibility index (Phi) is 4.20. The van der Waals surface area contributed by atoms with E-state index >= 15 is 0 Å². The summed E-state index contributed by atoms with van der Waals surface area (Å²) in [6, 6.07) is 12.4. The molecule has 2 heterocycles. The van der Waals surface area contributed by atoms with Gasteiger partial charge in [0.2, 0.25) is 5.91 Å². The van der Waals surface area contributed by atoms with Crippen LogP contribution in [0.15, 0.2) is 53.5 Å². The van der Waals surface area contributed by atoms with E-state index in [2.05, 4.69) is 10.4 Å². The summed E-state index contributed by atoms with van der Waals surface area (Å²) in [5.74, 6) is -0.242. The average molecular weight is 324 g/mol. The lowest BCUT2D eigenvalue weighted by atomic mass is 10.1. The second kappa shape index (κ2) is 6.31. The minimum Gasteiger partial charge on any atom is -0.348 e. The summed E-state index contributed by atoms with van der Waals surface area (Å²) in [7, 11) is 0. The summed E-state index contributed by atoms with van der Waals surface area (Å²) in [6.45, 7) is 5.61. The summed E-state index contributed by atoms with van der Waals surface area (Å²) in [5, 5.41) is 7.17. The molecule has 0 aliphatic heterocycles. The van der Waals surface area contributed by atoms with Crippen molar-refractivity contribution in [1.82, 2.24) is 19.5 Å². The zero-order valence-electron chi connectivity index (χ0n) is 13.9. The van der Waals surface area contributed by atoms with Gasteiger partial charge >= 0.3 is 5.69 Å². The molecule has 0 aliphatic rings. The summed E-state index contributed by atoms with van der Waals surface area (Å²) < 4.78 is 2.64. The molecule has 6 heteroatoms. The predicted octanol–water partition coefficient (Wildman–Crippen LogP) is 2.24. The summed E-state index contributed by atoms with van der Waals surface area (Å²) in [5.41, 5.74) is 2.38. The van der Waals surface area contributed by atoms with Gasteiger partial charge in [0.15, 0.2) is 5.65 Å². The van der Waals surface area contributed by atoms with Gasteiger partial charge in [0, 0.05) is 6.20 Å². The van der Waals surface area contributed by atoms with Crippen LogP contribution in [0.1, 0.15) is 37.1 Å². The first kappa shape index (κ1) is 16.0. The van der Waals surface area contributed by atoms with Crippen molar-refractivity contribution in [1.29, 1.82) is 0 Å². The fourth-order valence-corrected chi connectivity index (χ4v) is 2.58. The Morgan fingerprint density at radius 1 is 1.12 bits per heavy atom. The van der Waals surface area contributed by atoms with Crippen molar-refractivity contribution >= 4 is 11.6 Å². The lowest BCUT2D eigenvalue weighted by Gasteiger charge is -2.17. The molecule has 3 rings (SSSR count). The molecule has 24 heavy (non-hydrogen) atoms. The highest BCUT2D eigenvalue weighted by molar-refractivity contribution is 5.80. The number of benzene rings is 1. The van der Waals surface area contributed by atoms with Crippen molar-refractivity contribution in [2.24, 2.45) is 0 Å². The van der Waals surface area contributed by atoms with Crippen LogP contribution in [0.5, 0.6) is 0 Å². The SMILES string of the molecule is Cc1ccc([C@H](C)NC(=O)[C@@H](C)n2nc3ccccn3c2=O)cc1. The van der Waals surface area contributed by atoms with Crippen LogP contribution >= 0.6 is 0 Å². The number of carbonyl (C=O) groups is 1. The Labute approximate surface area is 139 Å². The molecule has 0 saturated carbocycles. The molecule has 2 aromatic heterocycles. The van der Waals surface area contributed by atoms with Crippen molar-refractivity contribution in [2.75, 3.05) is 0 Å². The van der Waals surface area contributed by atoms with Gasteiger partial charge in [0.1, 0.15) is 6.04 Å². The smallest absolute Gasteiger partial charge is 0.348 e. The molecule has 0 fully saturated rings. The normalized spacial score (nSPS) is 13.6. The number of carbonyl (C=O) groups excluding carboxylic acids is 1. The number of fused-ring (bicyclic) bond motifs is 1. The Hall–Kier alpha value is -2.89. The van der Waals surface area contributed by atoms with Crippen LogP contribution in [0.3, 0.4) is 0 Å². The fourth-order valence-electron chi connectivity index (χ4n) is 2.58. The second-order valence-corrected chi connectivity index (χ2v) is 5.97. The van der Waals surface area contributed by atoms with E-state index in [1.165, 1.54) is 14.6 Å². The number of amides is 1. The Balaban J connectivity index is 1.80. The third-order valence-electron chi connectivity index (χ3n) is 4.13. The number of hydrogen-bond acceptors (Lipinski definition) is 3. The molecule has 6 nitrogen and oxygen atoms in total. The van der Waals surface area contributed by atoms with Gasteiger partial charge in [-0.15, -0.1) is 5.10 Å². The maximum atomic E-state index is 12.5. The first-order chi connectivity index (χ1) is 11.5. The van der Waals surface area contributed by atoms with Gasteiger partial charge in [-0.3, -0.25) is 9.20 Å². The molecule has 0 spiro atoms. The Morgan fingerprint density at radius 2 is 1.83 bits per heavy atom. The molecule has 0 bridgehead atoms. The monoisotopic (exact) mass is 324 g/mol. The van der Waals surface area contributed by atoms with E-state index in [9.17, 15) is 9.59 Å². The third kappa shape index (κ3) is 2.95. The largest absolute Gasteiger partial charge is 0.351 e. The van der Waals surface area contributed by atoms with E-state index in [1.54, 1.807) is 31.3 Å². The quantitative estimate of drug-likeness (QED) is 0.800. The minimum atomic E-state index is -0.690. The zero-order valence-corrected chi connectivity index (χ0v) is 13.9. The number of nitrogens with zero attached hydrogens (tertiary/aromatic N) is 3. The van der Waals surface area contributed by atoms with Gasteiger partial charge in [-0.1, -0.05) is 35.9 Å². The minimum absolute atomic E-state index is 0.145. The van der Waals surface area contributed by atoms with E-state index < -0.39 is 6.04 Å². The zero-order chi connectivity index (χ0) is 17.3. The summed E-state index contributed by atoms with van der Waals surface area (Å²) in [6.07, 6.45) is 1.64. The van der Waals surface area contributed by atoms with Crippen LogP contribution in [0.2, 0.25) is 0 Å². The first-order valence-electron chi connectivity index (χ1n) is 7.90. The molecule has 124 valence electrons. The Bertz CT molecular complexity index is 924. The van der Waals surface area contributed by atoms with Crippen molar-refractivity contribution in [3.63, 3.8) is 0 Å². The van der Waals surface area contributed by atoms with Gasteiger partial charge in [0.05, 0.1) is 6.04 Å². The van der Waals surface area contributed by atoms with E-state index in [1.807, 2.05) is 38.1 Å². The number of nitrogens with one attached hydrogen (secondary N) is 1. The summed E-state index contributed by atoms with van der Waals surface area (Å²) >= 11 is 0. The highest BCUT2D eigenvalue weighted by atomic mass is 16.2. The highest BCUT2D eigenvalue weighted by Crippen LogP contribution is 2.14. The van der Waals surface area contributed by atoms with Crippen molar-refractivity contribution in [2.45, 2.75) is 32.9 Å². The topological polar surface area (TPSA) is 68.4 Å². The lowest BCUT2D eigenvalue weighted by molar-refractivity contribution is -0.124. The molecule has 0 saturated heterocycles. The summed E-state index contributed by atoms with van der Waals surface area (Å²) in [4.78, 5) is 24.9. The van der Waals surface area contributed by atoms with Crippen LogP contribution in [0, 0.1) is 6.92 Å². The molecule has 2 atom stereocenters. The number of rotatable bonds is 4. The maximum Gasteiger partial charge on any atom is 0.351 e. The molecule has 1 N–H and O–H groups in total. The molecular weight excluding hydrogens is 304 g/mol. The van der Waals surface area contributed by atoms with Crippen LogP contribution in [0.4, 0.5) is 0 Å². The molecule has 3 aromatic rings. The van der Waals surface area contributed by atoms with E-state index in [4.69, 9.17) is 0 Å². The number of aryl methyl sites for hydroxylation is 1. The van der Waals surface area contributed by atoms with Gasteiger partial charge in [-0.25, -0.2) is 9.48 Å². The first-order valence-corrected chi connectivity index (χ1v) is 7.90. The van der Waals surface area contributed by atoms with Gasteiger partial charge in [0.25, 0.3) is 0 Å². The van der Waals surface area contributed by atoms with Crippen molar-refractivity contribution in [3.05, 3.63) is 70.3 Å². The Morgan fingerprint density at radius 3 is 2.50 bits per heavy atom. The van der Waals surface area contributed by atoms with Crippen molar-refractivity contribution in [3.8, 4) is 0 Å². The number of aromatic nitrogens is 3. The van der Waals surface area contributed by atoms with Gasteiger partial charge < -0.3 is 5.32 Å². The standard InChI is InChI=1S/C18H20N4O2/c1-12-7-9-15(10-8-12)13(2)19-17(23)14(3)22-18(24)21-11-5-4-6-16(21)20-22/h4-11,13-14H,1-3H3,(H,19,23)/t13-,14+/m0/s1. The van der Waals surface area contributed by atoms with Crippen LogP contribution < -0.4 is 11.0 Å². The second-order valence-electron chi connectivity index (χ2n) is 5.97. The third-order valence-corrected chi connectivity index (χ3v) is 4.13. The molecule has 0 unspecified atom stereocenters. The fraction of sp³-hybridized carbons (Fsp3) is 0.278. The molecule has 1 aromatic carbocycles. The maximum absolute atomic E-state index is 12.5. The molecule has 0 radical (unpaired) electrons. The predicted molar refractivity (Wildman–Crippen MR) is 91.9 cm³/mol. The van der Waals surface area contributed by atoms with Crippen LogP contribution in [-0.2, 0) is 4.79 Å². The van der Waals surface area contributed by atoms with E-state index in [0.717, 1.165) is 5.56 Å².